The van der Waals surface area contributed by atoms with Crippen molar-refractivity contribution >= 4 is 21.6 Å². The first kappa shape index (κ1) is 23.4. The van der Waals surface area contributed by atoms with Crippen LogP contribution >= 0.6 is 0 Å². The van der Waals surface area contributed by atoms with Gasteiger partial charge in [0.2, 0.25) is 10.0 Å². The molecule has 6 nitrogen and oxygen atoms in total. The first-order chi connectivity index (χ1) is 16.2. The van der Waals surface area contributed by atoms with Crippen LogP contribution in [0.5, 0.6) is 0 Å². The Morgan fingerprint density at radius 2 is 1.79 bits per heavy atom. The van der Waals surface area contributed by atoms with E-state index in [1.165, 1.54) is 21.0 Å². The predicted molar refractivity (Wildman–Crippen MR) is 137 cm³/mol. The van der Waals surface area contributed by atoms with Crippen LogP contribution in [-0.4, -0.2) is 68.6 Å². The van der Waals surface area contributed by atoms with E-state index in [4.69, 9.17) is 0 Å². The van der Waals surface area contributed by atoms with E-state index in [1.54, 1.807) is 0 Å². The number of anilines is 1. The van der Waals surface area contributed by atoms with Crippen molar-refractivity contribution in [3.63, 3.8) is 0 Å². The van der Waals surface area contributed by atoms with E-state index in [1.807, 2.05) is 23.1 Å². The zero-order valence-corrected chi connectivity index (χ0v) is 21.1. The highest BCUT2D eigenvalue weighted by Gasteiger charge is 2.35. The molecule has 2 heterocycles. The molecule has 1 unspecified atom stereocenters. The summed E-state index contributed by atoms with van der Waals surface area (Å²) in [7, 11) is -3.23. The van der Waals surface area contributed by atoms with E-state index >= 15 is 0 Å². The Kier molecular flexibility index (Phi) is 6.19. The molecule has 1 amide bonds. The van der Waals surface area contributed by atoms with Crippen LogP contribution in [0.15, 0.2) is 53.6 Å². The minimum absolute atomic E-state index is 0.0712. The summed E-state index contributed by atoms with van der Waals surface area (Å²) in [6.07, 6.45) is 8.17. The molecular weight excluding hydrogens is 446 g/mol. The second-order valence-electron chi connectivity index (χ2n) is 10.2. The third-order valence-corrected chi connectivity index (χ3v) is 9.47. The monoisotopic (exact) mass is 481 g/mol. The summed E-state index contributed by atoms with van der Waals surface area (Å²) in [5, 5.41) is 0. The van der Waals surface area contributed by atoms with Crippen LogP contribution < -0.4 is 4.31 Å². The van der Waals surface area contributed by atoms with Gasteiger partial charge >= 0.3 is 0 Å². The van der Waals surface area contributed by atoms with E-state index in [9.17, 15) is 13.2 Å². The van der Waals surface area contributed by atoms with Gasteiger partial charge in [-0.3, -0.25) is 14.0 Å². The molecule has 182 valence electrons. The topological polar surface area (TPSA) is 60.9 Å². The third kappa shape index (κ3) is 4.48. The highest BCUT2D eigenvalue weighted by molar-refractivity contribution is 7.93. The lowest BCUT2D eigenvalue weighted by molar-refractivity contribution is 0.0613. The van der Waals surface area contributed by atoms with Crippen LogP contribution in [0, 0.1) is 0 Å². The molecule has 1 saturated carbocycles. The molecule has 0 aromatic heterocycles. The number of hydrogen-bond acceptors (Lipinski definition) is 4. The molecule has 3 fully saturated rings. The number of sulfonamides is 1. The van der Waals surface area contributed by atoms with Crippen molar-refractivity contribution < 1.29 is 13.2 Å². The maximum atomic E-state index is 13.6. The Morgan fingerprint density at radius 3 is 2.44 bits per heavy atom. The molecule has 7 heteroatoms. The minimum atomic E-state index is -3.23. The van der Waals surface area contributed by atoms with Crippen molar-refractivity contribution in [3.05, 3.63) is 64.8 Å². The second-order valence-corrected chi connectivity index (χ2v) is 12.2. The van der Waals surface area contributed by atoms with Crippen molar-refractivity contribution in [1.29, 1.82) is 0 Å². The first-order valence-electron chi connectivity index (χ1n) is 12.4. The Balaban J connectivity index is 1.31. The van der Waals surface area contributed by atoms with E-state index < -0.39 is 10.0 Å². The summed E-state index contributed by atoms with van der Waals surface area (Å²) < 4.78 is 26.3. The number of allylic oxidation sites excluding steroid dienone is 3. The van der Waals surface area contributed by atoms with Crippen molar-refractivity contribution in [1.82, 2.24) is 9.80 Å². The van der Waals surface area contributed by atoms with Gasteiger partial charge in [0, 0.05) is 38.3 Å². The lowest BCUT2D eigenvalue weighted by Gasteiger charge is -2.40. The first-order valence-corrected chi connectivity index (χ1v) is 14.1. The van der Waals surface area contributed by atoms with Gasteiger partial charge in [0.05, 0.1) is 17.5 Å². The van der Waals surface area contributed by atoms with Gasteiger partial charge in [-0.25, -0.2) is 8.42 Å². The Labute approximate surface area is 203 Å². The fraction of sp³-hybridized carbons (Fsp3) is 0.519. The molecule has 0 bridgehead atoms. The molecule has 1 aromatic carbocycles. The SMILES string of the molecule is C=C1CC=C(C)C=C(C)C1N1CCN(C(=O)c2ccc(N3CCCS3(=O)=O)cc2C2CC2)CC1. The van der Waals surface area contributed by atoms with Crippen LogP contribution in [0.1, 0.15) is 61.4 Å². The molecule has 2 aliphatic carbocycles. The number of piperazine rings is 1. The molecule has 1 atom stereocenters. The van der Waals surface area contributed by atoms with Crippen molar-refractivity contribution in [2.75, 3.05) is 42.8 Å². The van der Waals surface area contributed by atoms with E-state index in [0.29, 0.717) is 37.7 Å². The number of carbonyl (C=O) groups is 1. The largest absolute Gasteiger partial charge is 0.336 e. The van der Waals surface area contributed by atoms with Gasteiger partial charge in [-0.05, 0) is 69.2 Å². The Bertz CT molecular complexity index is 1170. The lowest BCUT2D eigenvalue weighted by Crippen LogP contribution is -2.52. The average Bonchev–Trinajstić information content (AvgIpc) is 3.61. The fourth-order valence-corrected chi connectivity index (χ4v) is 7.24. The van der Waals surface area contributed by atoms with Crippen LogP contribution in [-0.2, 0) is 10.0 Å². The number of amides is 1. The summed E-state index contributed by atoms with van der Waals surface area (Å²) in [5.74, 6) is 0.638. The zero-order valence-electron chi connectivity index (χ0n) is 20.3. The van der Waals surface area contributed by atoms with Gasteiger partial charge in [-0.2, -0.15) is 0 Å². The molecule has 2 aliphatic heterocycles. The molecule has 0 spiro atoms. The maximum Gasteiger partial charge on any atom is 0.254 e. The second kappa shape index (κ2) is 9.00. The van der Waals surface area contributed by atoms with Gasteiger partial charge in [-0.15, -0.1) is 0 Å². The van der Waals surface area contributed by atoms with Crippen molar-refractivity contribution in [2.45, 2.75) is 51.5 Å². The van der Waals surface area contributed by atoms with Crippen molar-refractivity contribution in [2.24, 2.45) is 0 Å². The van der Waals surface area contributed by atoms with Gasteiger partial charge in [0.15, 0.2) is 0 Å². The molecule has 1 aromatic rings. The van der Waals surface area contributed by atoms with Crippen LogP contribution in [0.25, 0.3) is 0 Å². The molecular formula is C27H35N3O3S. The van der Waals surface area contributed by atoms with E-state index in [-0.39, 0.29) is 17.7 Å². The van der Waals surface area contributed by atoms with E-state index in [2.05, 4.69) is 37.5 Å². The molecule has 0 radical (unpaired) electrons. The Hall–Kier alpha value is -2.38. The lowest BCUT2D eigenvalue weighted by atomic mass is 9.97. The zero-order chi connectivity index (χ0) is 24.0. The summed E-state index contributed by atoms with van der Waals surface area (Å²) in [5.41, 5.74) is 6.29. The third-order valence-electron chi connectivity index (χ3n) is 7.60. The fourth-order valence-electron chi connectivity index (χ4n) is 5.68. The number of hydrogen-bond donors (Lipinski definition) is 0. The summed E-state index contributed by atoms with van der Waals surface area (Å²) >= 11 is 0. The van der Waals surface area contributed by atoms with Crippen LogP contribution in [0.3, 0.4) is 0 Å². The predicted octanol–water partition coefficient (Wildman–Crippen LogP) is 4.08. The normalized spacial score (nSPS) is 25.7. The quantitative estimate of drug-likeness (QED) is 0.608. The summed E-state index contributed by atoms with van der Waals surface area (Å²) in [6.45, 7) is 12.2. The number of nitrogens with zero attached hydrogens (tertiary/aromatic N) is 3. The maximum absolute atomic E-state index is 13.6. The van der Waals surface area contributed by atoms with Crippen molar-refractivity contribution in [3.8, 4) is 0 Å². The van der Waals surface area contributed by atoms with Crippen LogP contribution in [0.2, 0.25) is 0 Å². The van der Waals surface area contributed by atoms with Gasteiger partial charge in [0.1, 0.15) is 0 Å². The average molecular weight is 482 g/mol. The van der Waals surface area contributed by atoms with Gasteiger partial charge < -0.3 is 4.90 Å². The summed E-state index contributed by atoms with van der Waals surface area (Å²) in [6, 6.07) is 5.87. The smallest absolute Gasteiger partial charge is 0.254 e. The van der Waals surface area contributed by atoms with E-state index in [0.717, 1.165) is 43.5 Å². The molecule has 34 heavy (non-hydrogen) atoms. The number of carbonyl (C=O) groups excluding carboxylic acids is 1. The highest BCUT2D eigenvalue weighted by Crippen LogP contribution is 2.44. The van der Waals surface area contributed by atoms with Crippen LogP contribution in [0.4, 0.5) is 5.69 Å². The van der Waals surface area contributed by atoms with Gasteiger partial charge in [-0.1, -0.05) is 35.5 Å². The molecule has 5 rings (SSSR count). The number of rotatable bonds is 4. The molecule has 4 aliphatic rings. The van der Waals surface area contributed by atoms with Gasteiger partial charge in [0.25, 0.3) is 5.91 Å². The summed E-state index contributed by atoms with van der Waals surface area (Å²) in [4.78, 5) is 18.0. The Morgan fingerprint density at radius 1 is 1.06 bits per heavy atom. The molecule has 2 saturated heterocycles. The minimum Gasteiger partial charge on any atom is -0.336 e. The standard InChI is InChI=1S/C27H35N3O3S/c1-19-5-6-20(2)26(21(3)17-19)28-12-14-29(15-13-28)27(31)24-10-9-23(18-25(24)22-7-8-22)30-11-4-16-34(30,32)33/h5,9-10,17-18,22,26H,2,4,6-8,11-16H2,1,3H3. The molecule has 0 N–H and O–H groups in total. The number of benzene rings is 1. The highest BCUT2D eigenvalue weighted by atomic mass is 32.2.